The van der Waals surface area contributed by atoms with E-state index in [1.165, 1.54) is 5.56 Å². The van der Waals surface area contributed by atoms with Crippen LogP contribution in [0.3, 0.4) is 0 Å². The molecule has 0 radical (unpaired) electrons. The Morgan fingerprint density at radius 3 is 2.61 bits per heavy atom. The summed E-state index contributed by atoms with van der Waals surface area (Å²) in [7, 11) is 1.97. The highest BCUT2D eigenvalue weighted by atomic mass is 14.8. The van der Waals surface area contributed by atoms with Gasteiger partial charge in [-0.3, -0.25) is 4.98 Å². The van der Waals surface area contributed by atoms with Crippen LogP contribution in [0.25, 0.3) is 17.3 Å². The minimum atomic E-state index is 1.02. The van der Waals surface area contributed by atoms with Gasteiger partial charge in [0.25, 0.3) is 0 Å². The van der Waals surface area contributed by atoms with Crippen molar-refractivity contribution in [2.24, 2.45) is 0 Å². The third-order valence-electron chi connectivity index (χ3n) is 2.74. The summed E-state index contributed by atoms with van der Waals surface area (Å²) in [6.07, 6.45) is 7.21. The van der Waals surface area contributed by atoms with Crippen LogP contribution < -0.4 is 5.32 Å². The molecule has 0 aliphatic rings. The second kappa shape index (κ2) is 6.72. The van der Waals surface area contributed by atoms with E-state index in [4.69, 9.17) is 0 Å². The summed E-state index contributed by atoms with van der Waals surface area (Å²) in [5.41, 5.74) is 3.40. The Labute approximate surface area is 108 Å². The molecule has 1 aromatic heterocycles. The summed E-state index contributed by atoms with van der Waals surface area (Å²) in [6, 6.07) is 14.4. The number of aromatic nitrogens is 1. The molecule has 1 N–H and O–H groups in total. The maximum Gasteiger partial charge on any atom is 0.0701 e. The molecule has 1 heterocycles. The summed E-state index contributed by atoms with van der Waals surface area (Å²) in [5.74, 6) is 0. The van der Waals surface area contributed by atoms with E-state index in [2.05, 4.69) is 46.7 Å². The van der Waals surface area contributed by atoms with Crippen LogP contribution in [0.4, 0.5) is 0 Å². The number of hydrogen-bond acceptors (Lipinski definition) is 2. The number of pyridine rings is 1. The molecule has 0 fully saturated rings. The molecular weight excluding hydrogens is 220 g/mol. The smallest absolute Gasteiger partial charge is 0.0701 e. The monoisotopic (exact) mass is 238 g/mol. The summed E-state index contributed by atoms with van der Waals surface area (Å²) >= 11 is 0. The van der Waals surface area contributed by atoms with Crippen LogP contribution in [0.2, 0.25) is 0 Å². The second-order valence-electron chi connectivity index (χ2n) is 4.13. The van der Waals surface area contributed by atoms with Gasteiger partial charge in [-0.05, 0) is 37.7 Å². The lowest BCUT2D eigenvalue weighted by atomic mass is 10.1. The van der Waals surface area contributed by atoms with E-state index < -0.39 is 0 Å². The molecule has 0 bridgehead atoms. The van der Waals surface area contributed by atoms with Gasteiger partial charge in [0.05, 0.1) is 5.69 Å². The Morgan fingerprint density at radius 2 is 1.94 bits per heavy atom. The van der Waals surface area contributed by atoms with Crippen LogP contribution in [-0.2, 0) is 0 Å². The van der Waals surface area contributed by atoms with Crippen LogP contribution in [0.1, 0.15) is 12.0 Å². The number of benzene rings is 1. The first kappa shape index (κ1) is 12.5. The van der Waals surface area contributed by atoms with Crippen LogP contribution in [0.15, 0.2) is 54.7 Å². The molecular formula is C16H18N2. The predicted octanol–water partition coefficient (Wildman–Crippen LogP) is 3.37. The van der Waals surface area contributed by atoms with Gasteiger partial charge >= 0.3 is 0 Å². The standard InChI is InChI=1S/C16H18N2/c1-17-12-4-2-6-14-8-10-15(11-9-14)16-7-3-5-13-18-16/h2-3,5-11,13,17H,4,12H2,1H3. The molecule has 0 aliphatic carbocycles. The van der Waals surface area contributed by atoms with Gasteiger partial charge in [-0.25, -0.2) is 0 Å². The zero-order chi connectivity index (χ0) is 12.6. The normalized spacial score (nSPS) is 10.9. The van der Waals surface area contributed by atoms with Gasteiger partial charge in [0.2, 0.25) is 0 Å². The number of nitrogens with one attached hydrogen (secondary N) is 1. The molecule has 0 atom stereocenters. The molecule has 0 amide bonds. The van der Waals surface area contributed by atoms with E-state index in [1.54, 1.807) is 0 Å². The molecule has 0 saturated carbocycles. The molecule has 1 aromatic carbocycles. The zero-order valence-electron chi connectivity index (χ0n) is 10.6. The van der Waals surface area contributed by atoms with Gasteiger partial charge < -0.3 is 5.32 Å². The van der Waals surface area contributed by atoms with Crippen molar-refractivity contribution in [2.45, 2.75) is 6.42 Å². The SMILES string of the molecule is CNCCC=Cc1ccc(-c2ccccn2)cc1. The van der Waals surface area contributed by atoms with Crippen LogP contribution in [0.5, 0.6) is 0 Å². The molecule has 92 valence electrons. The molecule has 0 spiro atoms. The first-order valence-electron chi connectivity index (χ1n) is 6.23. The lowest BCUT2D eigenvalue weighted by Gasteiger charge is -2.00. The van der Waals surface area contributed by atoms with Crippen molar-refractivity contribution >= 4 is 6.08 Å². The summed E-state index contributed by atoms with van der Waals surface area (Å²) in [5, 5.41) is 3.13. The van der Waals surface area contributed by atoms with Gasteiger partial charge in [0, 0.05) is 11.8 Å². The number of hydrogen-bond donors (Lipinski definition) is 1. The van der Waals surface area contributed by atoms with Crippen molar-refractivity contribution in [2.75, 3.05) is 13.6 Å². The minimum absolute atomic E-state index is 1.02. The Hall–Kier alpha value is -1.93. The van der Waals surface area contributed by atoms with E-state index in [0.29, 0.717) is 0 Å². The highest BCUT2D eigenvalue weighted by Gasteiger charge is 1.96. The molecule has 2 heteroatoms. The third kappa shape index (κ3) is 3.54. The van der Waals surface area contributed by atoms with E-state index in [0.717, 1.165) is 24.2 Å². The number of rotatable bonds is 5. The molecule has 2 nitrogen and oxygen atoms in total. The van der Waals surface area contributed by atoms with Crippen molar-refractivity contribution < 1.29 is 0 Å². The molecule has 0 saturated heterocycles. The molecule has 2 aromatic rings. The average molecular weight is 238 g/mol. The van der Waals surface area contributed by atoms with E-state index in [9.17, 15) is 0 Å². The summed E-state index contributed by atoms with van der Waals surface area (Å²) in [6.45, 7) is 1.02. The van der Waals surface area contributed by atoms with Gasteiger partial charge in [-0.15, -0.1) is 0 Å². The first-order chi connectivity index (χ1) is 8.90. The minimum Gasteiger partial charge on any atom is -0.319 e. The average Bonchev–Trinajstić information content (AvgIpc) is 2.45. The number of nitrogens with zero attached hydrogens (tertiary/aromatic N) is 1. The lowest BCUT2D eigenvalue weighted by molar-refractivity contribution is 0.809. The van der Waals surface area contributed by atoms with E-state index >= 15 is 0 Å². The lowest BCUT2D eigenvalue weighted by Crippen LogP contribution is -2.05. The van der Waals surface area contributed by atoms with Crippen molar-refractivity contribution in [3.8, 4) is 11.3 Å². The maximum absolute atomic E-state index is 4.34. The van der Waals surface area contributed by atoms with Crippen LogP contribution in [0, 0.1) is 0 Å². The third-order valence-corrected chi connectivity index (χ3v) is 2.74. The Kier molecular flexibility index (Phi) is 4.68. The maximum atomic E-state index is 4.34. The van der Waals surface area contributed by atoms with Crippen molar-refractivity contribution in [3.63, 3.8) is 0 Å². The zero-order valence-corrected chi connectivity index (χ0v) is 10.6. The topological polar surface area (TPSA) is 24.9 Å². The fourth-order valence-electron chi connectivity index (χ4n) is 1.75. The van der Waals surface area contributed by atoms with Crippen LogP contribution >= 0.6 is 0 Å². The van der Waals surface area contributed by atoms with Gasteiger partial charge in [-0.1, -0.05) is 42.5 Å². The van der Waals surface area contributed by atoms with Crippen LogP contribution in [-0.4, -0.2) is 18.6 Å². The second-order valence-corrected chi connectivity index (χ2v) is 4.13. The highest BCUT2D eigenvalue weighted by molar-refractivity contribution is 5.62. The molecule has 2 rings (SSSR count). The van der Waals surface area contributed by atoms with Crippen molar-refractivity contribution in [3.05, 3.63) is 60.3 Å². The summed E-state index contributed by atoms with van der Waals surface area (Å²) < 4.78 is 0. The summed E-state index contributed by atoms with van der Waals surface area (Å²) in [4.78, 5) is 4.34. The Bertz CT molecular complexity index is 486. The molecule has 18 heavy (non-hydrogen) atoms. The quantitative estimate of drug-likeness (QED) is 0.808. The molecule has 0 aliphatic heterocycles. The fourth-order valence-corrected chi connectivity index (χ4v) is 1.75. The Morgan fingerprint density at radius 1 is 1.11 bits per heavy atom. The van der Waals surface area contributed by atoms with Gasteiger partial charge in [0.1, 0.15) is 0 Å². The van der Waals surface area contributed by atoms with Gasteiger partial charge in [-0.2, -0.15) is 0 Å². The Balaban J connectivity index is 2.04. The van der Waals surface area contributed by atoms with Crippen molar-refractivity contribution in [1.29, 1.82) is 0 Å². The van der Waals surface area contributed by atoms with Crippen molar-refractivity contribution in [1.82, 2.24) is 10.3 Å². The highest BCUT2D eigenvalue weighted by Crippen LogP contribution is 2.17. The van der Waals surface area contributed by atoms with Gasteiger partial charge in [0.15, 0.2) is 0 Å². The van der Waals surface area contributed by atoms with E-state index in [1.807, 2.05) is 31.4 Å². The van der Waals surface area contributed by atoms with E-state index in [-0.39, 0.29) is 0 Å². The molecule has 0 unspecified atom stereocenters. The fraction of sp³-hybridized carbons (Fsp3) is 0.188. The first-order valence-corrected chi connectivity index (χ1v) is 6.23. The predicted molar refractivity (Wildman–Crippen MR) is 77.3 cm³/mol. The largest absolute Gasteiger partial charge is 0.319 e.